The number of rotatable bonds is 6. The fourth-order valence-electron chi connectivity index (χ4n) is 4.13. The van der Waals surface area contributed by atoms with Gasteiger partial charge in [-0.1, -0.05) is 6.07 Å². The Hall–Kier alpha value is -4.09. The molecule has 0 aliphatic heterocycles. The molecule has 0 atom stereocenters. The van der Waals surface area contributed by atoms with Gasteiger partial charge in [0.15, 0.2) is 5.82 Å². The zero-order valence-corrected chi connectivity index (χ0v) is 20.2. The summed E-state index contributed by atoms with van der Waals surface area (Å²) in [5.74, 6) is -2.26. The van der Waals surface area contributed by atoms with E-state index >= 15 is 0 Å². The van der Waals surface area contributed by atoms with Gasteiger partial charge in [-0.2, -0.15) is 13.2 Å². The Morgan fingerprint density at radius 3 is 2.59 bits per heavy atom. The van der Waals surface area contributed by atoms with Crippen molar-refractivity contribution in [3.8, 4) is 17.2 Å². The van der Waals surface area contributed by atoms with E-state index in [0.29, 0.717) is 17.2 Å². The number of imidazole rings is 1. The van der Waals surface area contributed by atoms with Crippen molar-refractivity contribution in [3.63, 3.8) is 0 Å². The van der Waals surface area contributed by atoms with Gasteiger partial charge in [-0.15, -0.1) is 10.2 Å². The standard InChI is InChI=1S/C25H23F4N7O/c1-13(2)36-22(33-34-24(36)25(27,28)29)18-5-4-6-21(31-18)32-23(37)16-10-20(14(3)9-17(16)26)35-11-19(30-12-35)15-7-8-15/h4-6,9-13,15H,7-8H2,1-3H3,(H,31,32,37). The highest BCUT2D eigenvalue weighted by Crippen LogP contribution is 2.39. The van der Waals surface area contributed by atoms with E-state index in [1.165, 1.54) is 30.3 Å². The fourth-order valence-corrected chi connectivity index (χ4v) is 4.13. The number of hydrogen-bond acceptors (Lipinski definition) is 5. The summed E-state index contributed by atoms with van der Waals surface area (Å²) in [6.45, 7) is 4.88. The normalized spacial score (nSPS) is 13.8. The summed E-state index contributed by atoms with van der Waals surface area (Å²) in [5.41, 5.74) is 2.06. The third kappa shape index (κ3) is 4.83. The maximum absolute atomic E-state index is 14.8. The Balaban J connectivity index is 1.44. The first-order valence-corrected chi connectivity index (χ1v) is 11.7. The van der Waals surface area contributed by atoms with E-state index in [1.54, 1.807) is 31.7 Å². The van der Waals surface area contributed by atoms with E-state index in [2.05, 4.69) is 25.5 Å². The average molecular weight is 513 g/mol. The SMILES string of the molecule is Cc1cc(F)c(C(=O)Nc2cccc(-c3nnc(C(F)(F)F)n3C(C)C)n2)cc1-n1cnc(C2CC2)c1. The molecule has 1 saturated carbocycles. The number of amides is 1. The van der Waals surface area contributed by atoms with Crippen molar-refractivity contribution in [2.24, 2.45) is 0 Å². The Labute approximate surface area is 209 Å². The first kappa shape index (κ1) is 24.6. The number of carbonyl (C=O) groups excluding carboxylic acids is 1. The minimum absolute atomic E-state index is 0.0227. The molecule has 12 heteroatoms. The van der Waals surface area contributed by atoms with Crippen LogP contribution in [-0.4, -0.2) is 35.2 Å². The summed E-state index contributed by atoms with van der Waals surface area (Å²) in [7, 11) is 0. The molecule has 4 aromatic rings. The number of pyridine rings is 1. The lowest BCUT2D eigenvalue weighted by Gasteiger charge is -2.15. The second-order valence-corrected chi connectivity index (χ2v) is 9.27. The highest BCUT2D eigenvalue weighted by molar-refractivity contribution is 6.04. The summed E-state index contributed by atoms with van der Waals surface area (Å²) >= 11 is 0. The second-order valence-electron chi connectivity index (χ2n) is 9.27. The number of nitrogens with one attached hydrogen (secondary N) is 1. The molecule has 37 heavy (non-hydrogen) atoms. The molecule has 1 amide bonds. The van der Waals surface area contributed by atoms with Crippen LogP contribution in [0.25, 0.3) is 17.2 Å². The van der Waals surface area contributed by atoms with Crippen LogP contribution in [0.3, 0.4) is 0 Å². The van der Waals surface area contributed by atoms with Crippen LogP contribution >= 0.6 is 0 Å². The van der Waals surface area contributed by atoms with Gasteiger partial charge in [0.05, 0.1) is 23.3 Å². The number of aryl methyl sites for hydroxylation is 1. The van der Waals surface area contributed by atoms with Crippen LogP contribution in [0.5, 0.6) is 0 Å². The lowest BCUT2D eigenvalue weighted by atomic mass is 10.1. The van der Waals surface area contributed by atoms with Crippen molar-refractivity contribution in [2.45, 2.75) is 51.7 Å². The van der Waals surface area contributed by atoms with E-state index < -0.39 is 29.8 Å². The molecular formula is C25H23F4N7O. The van der Waals surface area contributed by atoms with E-state index in [4.69, 9.17) is 0 Å². The van der Waals surface area contributed by atoms with E-state index in [0.717, 1.165) is 23.1 Å². The van der Waals surface area contributed by atoms with E-state index in [-0.39, 0.29) is 22.9 Å². The molecule has 1 aromatic carbocycles. The lowest BCUT2D eigenvalue weighted by Crippen LogP contribution is -2.18. The minimum Gasteiger partial charge on any atom is -0.306 e. The maximum atomic E-state index is 14.8. The molecule has 5 rings (SSSR count). The number of aromatic nitrogens is 6. The van der Waals surface area contributed by atoms with Crippen LogP contribution in [0, 0.1) is 12.7 Å². The predicted octanol–water partition coefficient (Wildman–Crippen LogP) is 5.70. The molecular weight excluding hydrogens is 490 g/mol. The van der Waals surface area contributed by atoms with Crippen LogP contribution in [0.15, 0.2) is 42.9 Å². The third-order valence-electron chi connectivity index (χ3n) is 6.09. The third-order valence-corrected chi connectivity index (χ3v) is 6.09. The molecule has 0 bridgehead atoms. The van der Waals surface area contributed by atoms with Gasteiger partial charge < -0.3 is 9.88 Å². The molecule has 3 aromatic heterocycles. The van der Waals surface area contributed by atoms with Crippen molar-refractivity contribution in [2.75, 3.05) is 5.32 Å². The van der Waals surface area contributed by atoms with Crippen molar-refractivity contribution < 1.29 is 22.4 Å². The monoisotopic (exact) mass is 513 g/mol. The van der Waals surface area contributed by atoms with Crippen molar-refractivity contribution in [1.29, 1.82) is 0 Å². The summed E-state index contributed by atoms with van der Waals surface area (Å²) in [5, 5.41) is 9.52. The number of halogens is 4. The van der Waals surface area contributed by atoms with Crippen molar-refractivity contribution >= 4 is 11.7 Å². The van der Waals surface area contributed by atoms with E-state index in [9.17, 15) is 22.4 Å². The van der Waals surface area contributed by atoms with Crippen molar-refractivity contribution in [3.05, 3.63) is 71.3 Å². The first-order chi connectivity index (χ1) is 17.5. The van der Waals surface area contributed by atoms with Gasteiger partial charge >= 0.3 is 6.18 Å². The smallest absolute Gasteiger partial charge is 0.306 e. The molecule has 192 valence electrons. The molecule has 8 nitrogen and oxygen atoms in total. The van der Waals surface area contributed by atoms with Gasteiger partial charge in [0, 0.05) is 18.2 Å². The number of alkyl halides is 3. The molecule has 0 saturated heterocycles. The number of benzene rings is 1. The molecule has 0 spiro atoms. The highest BCUT2D eigenvalue weighted by Gasteiger charge is 2.39. The molecule has 1 fully saturated rings. The van der Waals surface area contributed by atoms with Gasteiger partial charge in [-0.3, -0.25) is 9.36 Å². The number of hydrogen-bond donors (Lipinski definition) is 1. The van der Waals surface area contributed by atoms with Crippen LogP contribution in [-0.2, 0) is 6.18 Å². The second kappa shape index (κ2) is 9.09. The molecule has 1 aliphatic carbocycles. The van der Waals surface area contributed by atoms with Gasteiger partial charge in [0.25, 0.3) is 5.91 Å². The van der Waals surface area contributed by atoms with Crippen LogP contribution in [0.4, 0.5) is 23.4 Å². The molecule has 3 heterocycles. The minimum atomic E-state index is -4.70. The van der Waals surface area contributed by atoms with Crippen LogP contribution < -0.4 is 5.32 Å². The zero-order valence-electron chi connectivity index (χ0n) is 20.2. The highest BCUT2D eigenvalue weighted by atomic mass is 19.4. The summed E-state index contributed by atoms with van der Waals surface area (Å²) in [4.78, 5) is 21.7. The lowest BCUT2D eigenvalue weighted by molar-refractivity contribution is -0.147. The number of anilines is 1. The maximum Gasteiger partial charge on any atom is 0.451 e. The summed E-state index contributed by atoms with van der Waals surface area (Å²) < 4.78 is 57.7. The van der Waals surface area contributed by atoms with Gasteiger partial charge in [-0.05, 0) is 63.4 Å². The van der Waals surface area contributed by atoms with Gasteiger partial charge in [-0.25, -0.2) is 14.4 Å². The predicted molar refractivity (Wildman–Crippen MR) is 127 cm³/mol. The van der Waals surface area contributed by atoms with Crippen LogP contribution in [0.2, 0.25) is 0 Å². The summed E-state index contributed by atoms with van der Waals surface area (Å²) in [6, 6.07) is 6.52. The largest absolute Gasteiger partial charge is 0.451 e. The first-order valence-electron chi connectivity index (χ1n) is 11.7. The number of nitrogens with zero attached hydrogens (tertiary/aromatic N) is 6. The van der Waals surface area contributed by atoms with Gasteiger partial charge in [0.2, 0.25) is 5.82 Å². The molecule has 1 N–H and O–H groups in total. The number of carbonyl (C=O) groups is 1. The Morgan fingerprint density at radius 1 is 1.16 bits per heavy atom. The zero-order chi connectivity index (χ0) is 26.5. The Bertz CT molecular complexity index is 1480. The molecule has 1 aliphatic rings. The fraction of sp³-hybridized carbons (Fsp3) is 0.320. The Morgan fingerprint density at radius 2 is 1.92 bits per heavy atom. The van der Waals surface area contributed by atoms with Crippen LogP contribution in [0.1, 0.15) is 66.1 Å². The quantitative estimate of drug-likeness (QED) is 0.334. The molecule has 0 unspecified atom stereocenters. The Kier molecular flexibility index (Phi) is 6.04. The summed E-state index contributed by atoms with van der Waals surface area (Å²) in [6.07, 6.45) is 0.996. The van der Waals surface area contributed by atoms with Crippen molar-refractivity contribution in [1.82, 2.24) is 29.3 Å². The molecule has 0 radical (unpaired) electrons. The topological polar surface area (TPSA) is 90.5 Å². The average Bonchev–Trinajstić information content (AvgIpc) is 3.37. The van der Waals surface area contributed by atoms with Gasteiger partial charge in [0.1, 0.15) is 17.3 Å². The van der Waals surface area contributed by atoms with E-state index in [1.807, 2.05) is 6.20 Å².